The Morgan fingerprint density at radius 2 is 2.00 bits per heavy atom. The Morgan fingerprint density at radius 1 is 1.25 bits per heavy atom. The Labute approximate surface area is 95.2 Å². The molecule has 1 aromatic carbocycles. The molecule has 0 spiro atoms. The zero-order valence-electron chi connectivity index (χ0n) is 9.82. The van der Waals surface area contributed by atoms with E-state index in [1.807, 2.05) is 24.4 Å². The first-order valence-electron chi connectivity index (χ1n) is 5.35. The number of rotatable bonds is 2. The van der Waals surface area contributed by atoms with Gasteiger partial charge >= 0.3 is 0 Å². The van der Waals surface area contributed by atoms with Crippen LogP contribution in [0.2, 0.25) is 0 Å². The summed E-state index contributed by atoms with van der Waals surface area (Å²) in [6.07, 6.45) is 1.87. The maximum atomic E-state index is 5.82. The average Bonchev–Trinajstić information content (AvgIpc) is 2.26. The van der Waals surface area contributed by atoms with Crippen molar-refractivity contribution in [1.29, 1.82) is 0 Å². The molecule has 0 aliphatic heterocycles. The highest BCUT2D eigenvalue weighted by molar-refractivity contribution is 5.92. The molecular weight excluding hydrogens is 200 g/mol. The monoisotopic (exact) mass is 216 g/mol. The number of fused-ring (bicyclic) bond motifs is 1. The zero-order chi connectivity index (χ0) is 11.7. The van der Waals surface area contributed by atoms with Crippen molar-refractivity contribution in [2.75, 3.05) is 12.8 Å². The maximum absolute atomic E-state index is 5.82. The van der Waals surface area contributed by atoms with E-state index in [2.05, 4.69) is 18.8 Å². The minimum atomic E-state index is 0.419. The first kappa shape index (κ1) is 10.7. The molecule has 0 unspecified atom stereocenters. The van der Waals surface area contributed by atoms with Gasteiger partial charge in [0.1, 0.15) is 0 Å². The van der Waals surface area contributed by atoms with E-state index in [0.717, 1.165) is 16.5 Å². The van der Waals surface area contributed by atoms with Crippen molar-refractivity contribution >= 4 is 16.5 Å². The van der Waals surface area contributed by atoms with Crippen molar-refractivity contribution in [1.82, 2.24) is 4.98 Å². The molecule has 3 nitrogen and oxygen atoms in total. The Hall–Kier alpha value is -1.77. The third-order valence-electron chi connectivity index (χ3n) is 2.72. The Bertz CT molecular complexity index is 521. The van der Waals surface area contributed by atoms with E-state index in [1.54, 1.807) is 7.11 Å². The van der Waals surface area contributed by atoms with E-state index in [9.17, 15) is 0 Å². The van der Waals surface area contributed by atoms with E-state index in [4.69, 9.17) is 10.5 Å². The molecule has 0 bridgehead atoms. The van der Waals surface area contributed by atoms with Crippen LogP contribution in [0.4, 0.5) is 5.69 Å². The van der Waals surface area contributed by atoms with E-state index in [0.29, 0.717) is 11.8 Å². The van der Waals surface area contributed by atoms with Gasteiger partial charge in [0.15, 0.2) is 0 Å². The molecule has 0 amide bonds. The average molecular weight is 216 g/mol. The molecule has 2 rings (SSSR count). The molecule has 0 atom stereocenters. The molecule has 0 radical (unpaired) electrons. The van der Waals surface area contributed by atoms with Gasteiger partial charge in [-0.05, 0) is 35.1 Å². The number of aromatic nitrogens is 1. The first-order valence-corrected chi connectivity index (χ1v) is 5.35. The lowest BCUT2D eigenvalue weighted by Crippen LogP contribution is -1.96. The Kier molecular flexibility index (Phi) is 2.69. The summed E-state index contributed by atoms with van der Waals surface area (Å²) in [5, 5.41) is 2.14. The highest BCUT2D eigenvalue weighted by atomic mass is 16.5. The zero-order valence-corrected chi connectivity index (χ0v) is 9.82. The fourth-order valence-corrected chi connectivity index (χ4v) is 1.88. The van der Waals surface area contributed by atoms with Crippen LogP contribution >= 0.6 is 0 Å². The molecule has 2 aromatic rings. The predicted molar refractivity (Wildman–Crippen MR) is 66.8 cm³/mol. The van der Waals surface area contributed by atoms with E-state index >= 15 is 0 Å². The summed E-state index contributed by atoms with van der Waals surface area (Å²) >= 11 is 0. The van der Waals surface area contributed by atoms with Gasteiger partial charge in [-0.25, -0.2) is 4.98 Å². The lowest BCUT2D eigenvalue weighted by Gasteiger charge is -2.12. The molecule has 0 aliphatic carbocycles. The standard InChI is InChI=1S/C13H16N2O/c1-8(2)12-7-15-13(16-3)10-5-4-9(14)6-11(10)12/h4-8H,14H2,1-3H3. The second kappa shape index (κ2) is 4.00. The van der Waals surface area contributed by atoms with Crippen LogP contribution in [-0.4, -0.2) is 12.1 Å². The van der Waals surface area contributed by atoms with Gasteiger partial charge in [0.25, 0.3) is 0 Å². The van der Waals surface area contributed by atoms with Crippen molar-refractivity contribution in [2.45, 2.75) is 19.8 Å². The topological polar surface area (TPSA) is 48.1 Å². The highest BCUT2D eigenvalue weighted by Gasteiger charge is 2.10. The van der Waals surface area contributed by atoms with Gasteiger partial charge < -0.3 is 10.5 Å². The summed E-state index contributed by atoms with van der Waals surface area (Å²) in [4.78, 5) is 4.31. The van der Waals surface area contributed by atoms with Crippen LogP contribution in [0.15, 0.2) is 24.4 Å². The molecule has 0 aliphatic rings. The summed E-state index contributed by atoms with van der Waals surface area (Å²) in [6.45, 7) is 4.29. The molecule has 1 aromatic heterocycles. The summed E-state index contributed by atoms with van der Waals surface area (Å²) < 4.78 is 5.25. The Morgan fingerprint density at radius 3 is 2.62 bits per heavy atom. The molecule has 84 valence electrons. The molecule has 16 heavy (non-hydrogen) atoms. The van der Waals surface area contributed by atoms with Crippen molar-refractivity contribution in [2.24, 2.45) is 0 Å². The normalized spacial score (nSPS) is 11.0. The van der Waals surface area contributed by atoms with Gasteiger partial charge in [0.2, 0.25) is 5.88 Å². The van der Waals surface area contributed by atoms with Gasteiger partial charge in [0, 0.05) is 17.3 Å². The van der Waals surface area contributed by atoms with Crippen LogP contribution in [0.5, 0.6) is 5.88 Å². The smallest absolute Gasteiger partial charge is 0.221 e. The fraction of sp³-hybridized carbons (Fsp3) is 0.308. The van der Waals surface area contributed by atoms with Gasteiger partial charge in [-0.1, -0.05) is 13.8 Å². The van der Waals surface area contributed by atoms with Crippen LogP contribution in [0, 0.1) is 0 Å². The maximum Gasteiger partial charge on any atom is 0.221 e. The Balaban J connectivity index is 2.80. The molecule has 3 heteroatoms. The van der Waals surface area contributed by atoms with Crippen LogP contribution in [0.25, 0.3) is 10.8 Å². The lowest BCUT2D eigenvalue weighted by molar-refractivity contribution is 0.403. The second-order valence-electron chi connectivity index (χ2n) is 4.18. The summed E-state index contributed by atoms with van der Waals surface area (Å²) in [5.41, 5.74) is 7.79. The van der Waals surface area contributed by atoms with E-state index < -0.39 is 0 Å². The fourth-order valence-electron chi connectivity index (χ4n) is 1.88. The number of hydrogen-bond donors (Lipinski definition) is 1. The molecular formula is C13H16N2O. The van der Waals surface area contributed by atoms with Gasteiger partial charge in [-0.15, -0.1) is 0 Å². The van der Waals surface area contributed by atoms with E-state index in [-0.39, 0.29) is 0 Å². The van der Waals surface area contributed by atoms with Crippen LogP contribution in [0.3, 0.4) is 0 Å². The van der Waals surface area contributed by atoms with Crippen molar-refractivity contribution < 1.29 is 4.74 Å². The number of pyridine rings is 1. The second-order valence-corrected chi connectivity index (χ2v) is 4.18. The van der Waals surface area contributed by atoms with Crippen molar-refractivity contribution in [3.05, 3.63) is 30.0 Å². The number of nitrogens with two attached hydrogens (primary N) is 1. The number of anilines is 1. The number of nitrogens with zero attached hydrogens (tertiary/aromatic N) is 1. The largest absolute Gasteiger partial charge is 0.481 e. The van der Waals surface area contributed by atoms with Crippen LogP contribution in [-0.2, 0) is 0 Å². The van der Waals surface area contributed by atoms with Crippen LogP contribution in [0.1, 0.15) is 25.3 Å². The minimum absolute atomic E-state index is 0.419. The molecule has 0 saturated carbocycles. The summed E-state index contributed by atoms with van der Waals surface area (Å²) in [5.74, 6) is 1.07. The number of nitrogen functional groups attached to an aromatic ring is 1. The third kappa shape index (κ3) is 1.69. The van der Waals surface area contributed by atoms with Crippen molar-refractivity contribution in [3.8, 4) is 5.88 Å². The van der Waals surface area contributed by atoms with Crippen molar-refractivity contribution in [3.63, 3.8) is 0 Å². The summed E-state index contributed by atoms with van der Waals surface area (Å²) in [6, 6.07) is 5.81. The van der Waals surface area contributed by atoms with E-state index in [1.165, 1.54) is 5.56 Å². The molecule has 1 heterocycles. The number of methoxy groups -OCH3 is 1. The van der Waals surface area contributed by atoms with Gasteiger partial charge in [-0.2, -0.15) is 0 Å². The van der Waals surface area contributed by atoms with Crippen LogP contribution < -0.4 is 10.5 Å². The highest BCUT2D eigenvalue weighted by Crippen LogP contribution is 2.31. The number of benzene rings is 1. The molecule has 0 saturated heterocycles. The van der Waals surface area contributed by atoms with Gasteiger partial charge in [-0.3, -0.25) is 0 Å². The predicted octanol–water partition coefficient (Wildman–Crippen LogP) is 2.95. The quantitative estimate of drug-likeness (QED) is 0.785. The first-order chi connectivity index (χ1) is 7.63. The lowest BCUT2D eigenvalue weighted by atomic mass is 9.98. The minimum Gasteiger partial charge on any atom is -0.481 e. The third-order valence-corrected chi connectivity index (χ3v) is 2.72. The number of ether oxygens (including phenoxy) is 1. The summed E-state index contributed by atoms with van der Waals surface area (Å²) in [7, 11) is 1.63. The molecule has 2 N–H and O–H groups in total. The number of hydrogen-bond acceptors (Lipinski definition) is 3. The SMILES string of the molecule is COc1ncc(C(C)C)c2cc(N)ccc12. The molecule has 0 fully saturated rings. The van der Waals surface area contributed by atoms with Gasteiger partial charge in [0.05, 0.1) is 7.11 Å².